The fourth-order valence-electron chi connectivity index (χ4n) is 2.43. The van der Waals surface area contributed by atoms with Gasteiger partial charge >= 0.3 is 0 Å². The van der Waals surface area contributed by atoms with Gasteiger partial charge in [0, 0.05) is 11.6 Å². The lowest BCUT2D eigenvalue weighted by Crippen LogP contribution is -2.55. The van der Waals surface area contributed by atoms with Crippen molar-refractivity contribution in [1.29, 1.82) is 0 Å². The summed E-state index contributed by atoms with van der Waals surface area (Å²) in [7, 11) is 1.76. The van der Waals surface area contributed by atoms with Gasteiger partial charge in [-0.05, 0) is 37.0 Å². The first-order chi connectivity index (χ1) is 8.61. The number of halogens is 1. The largest absolute Gasteiger partial charge is 0.377 e. The van der Waals surface area contributed by atoms with Crippen LogP contribution in [0.25, 0.3) is 0 Å². The SMILES string of the molecule is CCC(CC)(OC)C(Cc1ccc(Br)cc1)NN. The van der Waals surface area contributed by atoms with Crippen LogP contribution in [0.15, 0.2) is 28.7 Å². The van der Waals surface area contributed by atoms with Crippen LogP contribution < -0.4 is 11.3 Å². The highest BCUT2D eigenvalue weighted by molar-refractivity contribution is 9.10. The first-order valence-electron chi connectivity index (χ1n) is 6.37. The summed E-state index contributed by atoms with van der Waals surface area (Å²) in [6, 6.07) is 8.43. The van der Waals surface area contributed by atoms with Crippen LogP contribution in [-0.4, -0.2) is 18.8 Å². The van der Waals surface area contributed by atoms with E-state index in [1.807, 2.05) is 0 Å². The third-order valence-electron chi connectivity index (χ3n) is 3.79. The zero-order valence-corrected chi connectivity index (χ0v) is 13.0. The lowest BCUT2D eigenvalue weighted by Gasteiger charge is -2.38. The van der Waals surface area contributed by atoms with Gasteiger partial charge in [-0.15, -0.1) is 0 Å². The second kappa shape index (κ2) is 7.24. The third kappa shape index (κ3) is 3.54. The minimum Gasteiger partial charge on any atom is -0.377 e. The molecule has 1 unspecified atom stereocenters. The molecule has 0 radical (unpaired) electrons. The second-order valence-corrected chi connectivity index (χ2v) is 5.44. The van der Waals surface area contributed by atoms with Crippen molar-refractivity contribution in [3.8, 4) is 0 Å². The highest BCUT2D eigenvalue weighted by Gasteiger charge is 2.35. The summed E-state index contributed by atoms with van der Waals surface area (Å²) < 4.78 is 6.82. The Morgan fingerprint density at radius 2 is 1.83 bits per heavy atom. The van der Waals surface area contributed by atoms with Gasteiger partial charge in [-0.1, -0.05) is 41.9 Å². The number of methoxy groups -OCH3 is 1. The molecule has 1 aromatic carbocycles. The summed E-state index contributed by atoms with van der Waals surface area (Å²) >= 11 is 3.44. The zero-order valence-electron chi connectivity index (χ0n) is 11.4. The van der Waals surface area contributed by atoms with Crippen molar-refractivity contribution < 1.29 is 4.74 Å². The van der Waals surface area contributed by atoms with Gasteiger partial charge in [0.25, 0.3) is 0 Å². The average Bonchev–Trinajstić information content (AvgIpc) is 2.42. The molecule has 1 aromatic rings. The highest BCUT2D eigenvalue weighted by Crippen LogP contribution is 2.26. The number of hydrogen-bond donors (Lipinski definition) is 2. The number of hydrogen-bond acceptors (Lipinski definition) is 3. The number of benzene rings is 1. The molecule has 18 heavy (non-hydrogen) atoms. The van der Waals surface area contributed by atoms with E-state index in [-0.39, 0.29) is 11.6 Å². The summed E-state index contributed by atoms with van der Waals surface area (Å²) in [5, 5.41) is 0. The molecule has 3 N–H and O–H groups in total. The van der Waals surface area contributed by atoms with Crippen molar-refractivity contribution in [2.45, 2.75) is 44.8 Å². The first kappa shape index (κ1) is 15.6. The minimum atomic E-state index is -0.207. The van der Waals surface area contributed by atoms with E-state index < -0.39 is 0 Å². The Kier molecular flexibility index (Phi) is 6.29. The standard InChI is InChI=1S/C14H23BrN2O/c1-4-14(5-2,18-3)13(17-16)10-11-6-8-12(15)9-7-11/h6-9,13,17H,4-5,10,16H2,1-3H3. The average molecular weight is 315 g/mol. The van der Waals surface area contributed by atoms with E-state index in [4.69, 9.17) is 10.6 Å². The van der Waals surface area contributed by atoms with Gasteiger partial charge in [0.15, 0.2) is 0 Å². The first-order valence-corrected chi connectivity index (χ1v) is 7.16. The molecule has 0 amide bonds. The van der Waals surface area contributed by atoms with E-state index in [0.717, 1.165) is 23.7 Å². The number of nitrogens with two attached hydrogens (primary N) is 1. The quantitative estimate of drug-likeness (QED) is 0.600. The van der Waals surface area contributed by atoms with E-state index in [9.17, 15) is 0 Å². The third-order valence-corrected chi connectivity index (χ3v) is 4.32. The predicted octanol–water partition coefficient (Wildman–Crippen LogP) is 3.03. The van der Waals surface area contributed by atoms with Gasteiger partial charge < -0.3 is 4.74 Å². The maximum absolute atomic E-state index is 5.73. The maximum atomic E-state index is 5.73. The van der Waals surface area contributed by atoms with Gasteiger partial charge in [-0.3, -0.25) is 11.3 Å². The van der Waals surface area contributed by atoms with E-state index in [0.29, 0.717) is 0 Å². The van der Waals surface area contributed by atoms with Crippen molar-refractivity contribution >= 4 is 15.9 Å². The van der Waals surface area contributed by atoms with Crippen molar-refractivity contribution in [2.24, 2.45) is 5.84 Å². The van der Waals surface area contributed by atoms with E-state index >= 15 is 0 Å². The molecule has 0 bridgehead atoms. The molecule has 0 aliphatic heterocycles. The smallest absolute Gasteiger partial charge is 0.0842 e. The van der Waals surface area contributed by atoms with Crippen LogP contribution in [0.1, 0.15) is 32.3 Å². The summed E-state index contributed by atoms with van der Waals surface area (Å²) in [4.78, 5) is 0. The van der Waals surface area contributed by atoms with Crippen LogP contribution in [0.3, 0.4) is 0 Å². The Morgan fingerprint density at radius 1 is 1.28 bits per heavy atom. The molecule has 4 heteroatoms. The number of ether oxygens (including phenoxy) is 1. The molecule has 0 fully saturated rings. The minimum absolute atomic E-state index is 0.110. The monoisotopic (exact) mass is 314 g/mol. The summed E-state index contributed by atoms with van der Waals surface area (Å²) in [6.07, 6.45) is 2.73. The molecule has 3 nitrogen and oxygen atoms in total. The van der Waals surface area contributed by atoms with Gasteiger partial charge in [0.05, 0.1) is 11.6 Å². The lowest BCUT2D eigenvalue weighted by molar-refractivity contribution is -0.0473. The molecule has 0 aromatic heterocycles. The van der Waals surface area contributed by atoms with Crippen LogP contribution in [0.2, 0.25) is 0 Å². The van der Waals surface area contributed by atoms with E-state index in [2.05, 4.69) is 59.5 Å². The predicted molar refractivity (Wildman–Crippen MR) is 79.3 cm³/mol. The molecule has 0 saturated carbocycles. The van der Waals surface area contributed by atoms with Crippen LogP contribution >= 0.6 is 15.9 Å². The summed E-state index contributed by atoms with van der Waals surface area (Å²) in [5.41, 5.74) is 3.97. The fraction of sp³-hybridized carbons (Fsp3) is 0.571. The molecule has 0 aliphatic carbocycles. The second-order valence-electron chi connectivity index (χ2n) is 4.53. The Morgan fingerprint density at radius 3 is 2.22 bits per heavy atom. The van der Waals surface area contributed by atoms with Crippen molar-refractivity contribution in [1.82, 2.24) is 5.43 Å². The van der Waals surface area contributed by atoms with Gasteiger partial charge in [-0.2, -0.15) is 0 Å². The van der Waals surface area contributed by atoms with Crippen molar-refractivity contribution in [3.63, 3.8) is 0 Å². The lowest BCUT2D eigenvalue weighted by atomic mass is 9.85. The van der Waals surface area contributed by atoms with E-state index in [1.54, 1.807) is 7.11 Å². The molecule has 0 spiro atoms. The van der Waals surface area contributed by atoms with E-state index in [1.165, 1.54) is 5.56 Å². The van der Waals surface area contributed by atoms with Gasteiger partial charge in [0.1, 0.15) is 0 Å². The Labute approximate surface area is 118 Å². The highest BCUT2D eigenvalue weighted by atomic mass is 79.9. The summed E-state index contributed by atoms with van der Waals surface area (Å²) in [6.45, 7) is 4.28. The van der Waals surface area contributed by atoms with Crippen molar-refractivity contribution in [3.05, 3.63) is 34.3 Å². The number of nitrogens with one attached hydrogen (secondary N) is 1. The topological polar surface area (TPSA) is 47.3 Å². The van der Waals surface area contributed by atoms with Crippen LogP contribution in [0, 0.1) is 0 Å². The Balaban J connectivity index is 2.86. The zero-order chi connectivity index (χ0) is 13.6. The molecule has 0 heterocycles. The molecular weight excluding hydrogens is 292 g/mol. The van der Waals surface area contributed by atoms with Gasteiger partial charge in [0.2, 0.25) is 0 Å². The van der Waals surface area contributed by atoms with Crippen molar-refractivity contribution in [2.75, 3.05) is 7.11 Å². The number of hydrazine groups is 1. The summed E-state index contributed by atoms with van der Waals surface area (Å²) in [5.74, 6) is 5.72. The van der Waals surface area contributed by atoms with Crippen LogP contribution in [0.5, 0.6) is 0 Å². The molecule has 102 valence electrons. The maximum Gasteiger partial charge on any atom is 0.0842 e. The molecule has 0 aliphatic rings. The molecule has 1 rings (SSSR count). The fourth-order valence-corrected chi connectivity index (χ4v) is 2.69. The normalized spacial score (nSPS) is 13.6. The molecular formula is C14H23BrN2O. The Bertz CT molecular complexity index is 341. The Hall–Kier alpha value is -0.420. The molecule has 1 atom stereocenters. The van der Waals surface area contributed by atoms with Crippen LogP contribution in [-0.2, 0) is 11.2 Å². The number of rotatable bonds is 7. The van der Waals surface area contributed by atoms with Crippen LogP contribution in [0.4, 0.5) is 0 Å². The van der Waals surface area contributed by atoms with Gasteiger partial charge in [-0.25, -0.2) is 0 Å². The molecule has 0 saturated heterocycles.